The molecule has 0 bridgehead atoms. The van der Waals surface area contributed by atoms with E-state index in [0.717, 1.165) is 31.6 Å². The maximum absolute atomic E-state index is 13.1. The van der Waals surface area contributed by atoms with E-state index in [1.807, 2.05) is 30.3 Å². The van der Waals surface area contributed by atoms with Crippen molar-refractivity contribution in [2.24, 2.45) is 0 Å². The normalized spacial score (nSPS) is 17.8. The quantitative estimate of drug-likeness (QED) is 0.457. The largest absolute Gasteiger partial charge is 0.323 e. The van der Waals surface area contributed by atoms with Crippen LogP contribution in [0.4, 0.5) is 11.4 Å². The number of non-ortho nitro benzene ring substituents is 1. The maximum Gasteiger partial charge on any atom is 0.270 e. The summed E-state index contributed by atoms with van der Waals surface area (Å²) in [5, 5.41) is 17.3. The van der Waals surface area contributed by atoms with Crippen LogP contribution in [0.15, 0.2) is 53.0 Å². The molecule has 2 N–H and O–H groups in total. The van der Waals surface area contributed by atoms with Gasteiger partial charge in [0.05, 0.1) is 10.6 Å². The predicted molar refractivity (Wildman–Crippen MR) is 117 cm³/mol. The Labute approximate surface area is 178 Å². The molecule has 0 saturated carbocycles. The van der Waals surface area contributed by atoms with Crippen LogP contribution in [0, 0.1) is 10.1 Å². The summed E-state index contributed by atoms with van der Waals surface area (Å²) >= 11 is 3.31. The molecule has 1 fully saturated rings. The lowest BCUT2D eigenvalue weighted by atomic mass is 10.1. The van der Waals surface area contributed by atoms with Crippen LogP contribution in [-0.2, 0) is 4.79 Å². The van der Waals surface area contributed by atoms with Gasteiger partial charge in [-0.1, -0.05) is 37.3 Å². The van der Waals surface area contributed by atoms with Crippen molar-refractivity contribution in [1.82, 2.24) is 10.2 Å². The molecule has 8 heteroatoms. The molecule has 0 aromatic heterocycles. The van der Waals surface area contributed by atoms with Crippen LogP contribution in [0.1, 0.15) is 31.4 Å². The fourth-order valence-corrected chi connectivity index (χ4v) is 4.19. The molecule has 29 heavy (non-hydrogen) atoms. The number of carbonyl (C=O) groups excluding carboxylic acids is 1. The van der Waals surface area contributed by atoms with E-state index in [1.54, 1.807) is 0 Å². The van der Waals surface area contributed by atoms with Crippen molar-refractivity contribution >= 4 is 33.2 Å². The molecule has 0 unspecified atom stereocenters. The van der Waals surface area contributed by atoms with Crippen molar-refractivity contribution in [1.29, 1.82) is 0 Å². The number of rotatable bonds is 8. The van der Waals surface area contributed by atoms with Gasteiger partial charge in [-0.25, -0.2) is 0 Å². The molecule has 3 rings (SSSR count). The van der Waals surface area contributed by atoms with Crippen molar-refractivity contribution in [2.75, 3.05) is 25.0 Å². The average molecular weight is 461 g/mol. The Hall–Kier alpha value is -2.29. The number of halogens is 1. The van der Waals surface area contributed by atoms with E-state index in [-0.39, 0.29) is 11.6 Å². The highest BCUT2D eigenvalue weighted by Gasteiger charge is 2.27. The Kier molecular flexibility index (Phi) is 7.35. The van der Waals surface area contributed by atoms with Gasteiger partial charge in [0, 0.05) is 29.2 Å². The predicted octanol–water partition coefficient (Wildman–Crippen LogP) is 4.11. The number of benzene rings is 2. The number of nitrogens with zero attached hydrogens (tertiary/aromatic N) is 2. The summed E-state index contributed by atoms with van der Waals surface area (Å²) in [7, 11) is 0. The number of anilines is 1. The number of nitro benzene ring substituents is 1. The Morgan fingerprint density at radius 3 is 2.72 bits per heavy atom. The van der Waals surface area contributed by atoms with Crippen LogP contribution in [0.3, 0.4) is 0 Å². The molecule has 2 atom stereocenters. The highest BCUT2D eigenvalue weighted by molar-refractivity contribution is 9.10. The smallest absolute Gasteiger partial charge is 0.270 e. The van der Waals surface area contributed by atoms with E-state index < -0.39 is 11.0 Å². The third-order valence-electron chi connectivity index (χ3n) is 5.28. The Balaban J connectivity index is 1.75. The summed E-state index contributed by atoms with van der Waals surface area (Å²) in [6.07, 6.45) is 2.30. The first-order valence-electron chi connectivity index (χ1n) is 9.76. The number of carbonyl (C=O) groups is 1. The minimum absolute atomic E-state index is 0.0338. The zero-order chi connectivity index (χ0) is 20.8. The van der Waals surface area contributed by atoms with Gasteiger partial charge in [0.25, 0.3) is 5.69 Å². The fourth-order valence-electron chi connectivity index (χ4n) is 3.73. The lowest BCUT2D eigenvalue weighted by Gasteiger charge is -2.26. The topological polar surface area (TPSA) is 87.5 Å². The minimum Gasteiger partial charge on any atom is -0.323 e. The highest BCUT2D eigenvalue weighted by atomic mass is 79.9. The van der Waals surface area contributed by atoms with E-state index in [0.29, 0.717) is 16.2 Å². The van der Waals surface area contributed by atoms with E-state index in [9.17, 15) is 14.9 Å². The summed E-state index contributed by atoms with van der Waals surface area (Å²) in [4.78, 5) is 26.0. The average Bonchev–Trinajstić information content (AvgIpc) is 3.18. The number of likely N-dealkylation sites (N-methyl/N-ethyl adjacent to an activating group) is 1. The van der Waals surface area contributed by atoms with Crippen molar-refractivity contribution < 1.29 is 9.72 Å². The van der Waals surface area contributed by atoms with Crippen LogP contribution < -0.4 is 10.6 Å². The molecule has 1 aliphatic rings. The molecule has 0 radical (unpaired) electrons. The summed E-state index contributed by atoms with van der Waals surface area (Å²) in [5.74, 6) is -0.202. The maximum atomic E-state index is 13.1. The van der Waals surface area contributed by atoms with Gasteiger partial charge in [-0.3, -0.25) is 19.8 Å². The van der Waals surface area contributed by atoms with Gasteiger partial charge in [-0.15, -0.1) is 0 Å². The minimum atomic E-state index is -0.516. The van der Waals surface area contributed by atoms with E-state index >= 15 is 0 Å². The third-order valence-corrected chi connectivity index (χ3v) is 5.94. The number of amides is 1. The summed E-state index contributed by atoms with van der Waals surface area (Å²) in [6.45, 7) is 4.99. The first-order valence-corrected chi connectivity index (χ1v) is 10.6. The monoisotopic (exact) mass is 460 g/mol. The standard InChI is InChI=1S/C21H25BrN4O3/c1-2-25-12-6-9-17(25)14-23-20(15-7-4-3-5-8-15)21(27)24-19-11-10-16(26(28)29)13-18(19)22/h3-5,7-8,10-11,13,17,20,23H,2,6,9,12,14H2,1H3,(H,24,27)/t17-,20+/m0/s1. The number of hydrogen-bond donors (Lipinski definition) is 2. The molecule has 7 nitrogen and oxygen atoms in total. The summed E-state index contributed by atoms with van der Waals surface area (Å²) in [5.41, 5.74) is 1.34. The van der Waals surface area contributed by atoms with Gasteiger partial charge in [-0.05, 0) is 53.5 Å². The first-order chi connectivity index (χ1) is 14.0. The van der Waals surface area contributed by atoms with Gasteiger partial charge in [0.1, 0.15) is 6.04 Å². The third kappa shape index (κ3) is 5.41. The Bertz CT molecular complexity index is 862. The molecule has 1 saturated heterocycles. The number of hydrogen-bond acceptors (Lipinski definition) is 5. The molecule has 2 aromatic rings. The Morgan fingerprint density at radius 1 is 1.31 bits per heavy atom. The first kappa shape index (κ1) is 21.4. The number of likely N-dealkylation sites (tertiary alicyclic amines) is 1. The fraction of sp³-hybridized carbons (Fsp3) is 0.381. The van der Waals surface area contributed by atoms with Crippen molar-refractivity contribution in [2.45, 2.75) is 31.8 Å². The van der Waals surface area contributed by atoms with Crippen molar-refractivity contribution in [3.8, 4) is 0 Å². The van der Waals surface area contributed by atoms with Crippen LogP contribution in [0.5, 0.6) is 0 Å². The zero-order valence-electron chi connectivity index (χ0n) is 16.3. The van der Waals surface area contributed by atoms with E-state index in [4.69, 9.17) is 0 Å². The molecular weight excluding hydrogens is 436 g/mol. The van der Waals surface area contributed by atoms with E-state index in [2.05, 4.69) is 38.4 Å². The van der Waals surface area contributed by atoms with E-state index in [1.165, 1.54) is 24.6 Å². The van der Waals surface area contributed by atoms with Crippen LogP contribution in [0.2, 0.25) is 0 Å². The number of nitrogens with one attached hydrogen (secondary N) is 2. The van der Waals surface area contributed by atoms with Crippen LogP contribution in [0.25, 0.3) is 0 Å². The van der Waals surface area contributed by atoms with Gasteiger partial charge >= 0.3 is 0 Å². The van der Waals surface area contributed by atoms with Gasteiger partial charge < -0.3 is 10.6 Å². The van der Waals surface area contributed by atoms with Crippen LogP contribution >= 0.6 is 15.9 Å². The second-order valence-corrected chi connectivity index (χ2v) is 7.94. The second-order valence-electron chi connectivity index (χ2n) is 7.09. The van der Waals surface area contributed by atoms with Crippen LogP contribution in [-0.4, -0.2) is 41.4 Å². The number of nitro groups is 1. The molecule has 1 amide bonds. The summed E-state index contributed by atoms with van der Waals surface area (Å²) < 4.78 is 0.472. The van der Waals surface area contributed by atoms with Crippen molar-refractivity contribution in [3.05, 3.63) is 68.7 Å². The zero-order valence-corrected chi connectivity index (χ0v) is 17.9. The molecule has 1 heterocycles. The molecule has 154 valence electrons. The van der Waals surface area contributed by atoms with Crippen molar-refractivity contribution in [3.63, 3.8) is 0 Å². The van der Waals surface area contributed by atoms with Gasteiger partial charge in [0.15, 0.2) is 0 Å². The SMILES string of the molecule is CCN1CCC[C@H]1CN[C@@H](C(=O)Nc1ccc([N+](=O)[O-])cc1Br)c1ccccc1. The molecule has 0 spiro atoms. The second kappa shape index (κ2) is 9.96. The molecule has 0 aliphatic carbocycles. The lowest BCUT2D eigenvalue weighted by molar-refractivity contribution is -0.384. The van der Waals surface area contributed by atoms with Gasteiger partial charge in [-0.2, -0.15) is 0 Å². The Morgan fingerprint density at radius 2 is 2.07 bits per heavy atom. The van der Waals surface area contributed by atoms with Gasteiger partial charge in [0.2, 0.25) is 5.91 Å². The highest BCUT2D eigenvalue weighted by Crippen LogP contribution is 2.28. The summed E-state index contributed by atoms with van der Waals surface area (Å²) in [6, 6.07) is 13.8. The molecule has 1 aliphatic heterocycles. The molecular formula is C21H25BrN4O3. The lowest BCUT2D eigenvalue weighted by Crippen LogP contribution is -2.42. The molecule has 2 aromatic carbocycles.